The summed E-state index contributed by atoms with van der Waals surface area (Å²) in [4.78, 5) is 28.5. The Hall–Kier alpha value is -0.720. The third-order valence-electron chi connectivity index (χ3n) is 4.26. The molecule has 0 heterocycles. The van der Waals surface area contributed by atoms with Gasteiger partial charge in [-0.25, -0.2) is 4.57 Å². The number of carbonyl (C=O) groups excluding carboxylic acids is 1. The topological polar surface area (TPSA) is 113 Å². The third kappa shape index (κ3) is 21.6. The van der Waals surface area contributed by atoms with E-state index in [9.17, 15) is 14.5 Å². The summed E-state index contributed by atoms with van der Waals surface area (Å²) in [6.07, 6.45) is 17.6. The van der Waals surface area contributed by atoms with Crippen LogP contribution in [0.3, 0.4) is 0 Å². The highest BCUT2D eigenvalue weighted by Crippen LogP contribution is 2.35. The molecule has 0 bridgehead atoms. The quantitative estimate of drug-likeness (QED) is 0.120. The zero-order chi connectivity index (χ0) is 21.1. The van der Waals surface area contributed by atoms with Gasteiger partial charge in [-0.3, -0.25) is 9.32 Å². The first-order chi connectivity index (χ1) is 13.3. The highest BCUT2D eigenvalue weighted by Gasteiger charge is 2.17. The molecular weight excluding hydrogens is 383 g/mol. The van der Waals surface area contributed by atoms with Crippen molar-refractivity contribution in [3.8, 4) is 0 Å². The minimum Gasteiger partial charge on any atom is -0.463 e. The van der Waals surface area contributed by atoms with Crippen molar-refractivity contribution in [3.63, 3.8) is 0 Å². The molecule has 0 saturated heterocycles. The van der Waals surface area contributed by atoms with E-state index in [4.69, 9.17) is 14.5 Å². The molecule has 0 amide bonds. The van der Waals surface area contributed by atoms with Crippen LogP contribution in [0, 0.1) is 0 Å². The molecule has 0 fully saturated rings. The molecule has 0 aliphatic carbocycles. The molecule has 28 heavy (non-hydrogen) atoms. The summed E-state index contributed by atoms with van der Waals surface area (Å²) < 4.78 is 19.5. The normalized spacial score (nSPS) is 13.1. The first-order valence-corrected chi connectivity index (χ1v) is 12.1. The van der Waals surface area contributed by atoms with Gasteiger partial charge in [-0.2, -0.15) is 0 Å². The Labute approximate surface area is 169 Å². The number of carbonyl (C=O) groups is 1. The van der Waals surface area contributed by atoms with Gasteiger partial charge in [0.1, 0.15) is 12.7 Å². The number of hydrogen-bond acceptors (Lipinski definition) is 5. The highest BCUT2D eigenvalue weighted by molar-refractivity contribution is 7.46. The van der Waals surface area contributed by atoms with Crippen molar-refractivity contribution >= 4 is 13.8 Å². The molecule has 0 aromatic rings. The maximum absolute atomic E-state index is 11.5. The van der Waals surface area contributed by atoms with Crippen LogP contribution in [-0.4, -0.2) is 40.2 Å². The van der Waals surface area contributed by atoms with E-state index in [0.29, 0.717) is 0 Å². The summed E-state index contributed by atoms with van der Waals surface area (Å²) in [6.45, 7) is 1.32. The molecule has 1 unspecified atom stereocenters. The van der Waals surface area contributed by atoms with Crippen LogP contribution in [-0.2, 0) is 18.6 Å². The van der Waals surface area contributed by atoms with Crippen molar-refractivity contribution in [2.45, 2.75) is 96.5 Å². The number of ether oxygens (including phenoxy) is 1. The molecule has 0 aliphatic rings. The smallest absolute Gasteiger partial charge is 0.463 e. The van der Waals surface area contributed by atoms with Gasteiger partial charge in [-0.15, -0.1) is 0 Å². The lowest BCUT2D eigenvalue weighted by Gasteiger charge is -2.12. The molecule has 166 valence electrons. The standard InChI is InChI=1S/C20H39O7P/c1-2-3-4-5-6-7-8-9-10-11-12-13-14-15-16-20(22)26-17-19(21)18-27-28(23,24)25/h8-9,19,21H,2-7,10-18H2,1H3,(H2,23,24,25). The summed E-state index contributed by atoms with van der Waals surface area (Å²) in [5.74, 6) is -0.419. The average molecular weight is 422 g/mol. The molecule has 0 spiro atoms. The lowest BCUT2D eigenvalue weighted by atomic mass is 10.1. The Morgan fingerprint density at radius 3 is 2.00 bits per heavy atom. The first-order valence-electron chi connectivity index (χ1n) is 10.5. The Kier molecular flexibility index (Phi) is 17.8. The monoisotopic (exact) mass is 422 g/mol. The SMILES string of the molecule is CCCCCCCC=CCCCCCCCC(=O)OCC(O)COP(=O)(O)O. The van der Waals surface area contributed by atoms with Crippen LogP contribution >= 0.6 is 7.82 Å². The number of allylic oxidation sites excluding steroid dienone is 2. The van der Waals surface area contributed by atoms with Crippen LogP contribution in [0.15, 0.2) is 12.2 Å². The van der Waals surface area contributed by atoms with Crippen molar-refractivity contribution in [1.29, 1.82) is 0 Å². The molecule has 0 saturated carbocycles. The van der Waals surface area contributed by atoms with Gasteiger partial charge in [0.2, 0.25) is 0 Å². The van der Waals surface area contributed by atoms with Gasteiger partial charge in [0, 0.05) is 6.42 Å². The van der Waals surface area contributed by atoms with Crippen LogP contribution in [0.25, 0.3) is 0 Å². The number of aliphatic hydroxyl groups is 1. The van der Waals surface area contributed by atoms with Crippen molar-refractivity contribution in [2.24, 2.45) is 0 Å². The van der Waals surface area contributed by atoms with Gasteiger partial charge >= 0.3 is 13.8 Å². The Morgan fingerprint density at radius 1 is 0.893 bits per heavy atom. The lowest BCUT2D eigenvalue weighted by Crippen LogP contribution is -2.23. The molecule has 8 heteroatoms. The van der Waals surface area contributed by atoms with Gasteiger partial charge in [-0.05, 0) is 32.1 Å². The minimum atomic E-state index is -4.62. The minimum absolute atomic E-state index is 0.282. The highest BCUT2D eigenvalue weighted by atomic mass is 31.2. The molecule has 0 aromatic heterocycles. The number of rotatable bonds is 19. The van der Waals surface area contributed by atoms with Crippen LogP contribution in [0.1, 0.15) is 90.4 Å². The van der Waals surface area contributed by atoms with E-state index in [0.717, 1.165) is 32.1 Å². The van der Waals surface area contributed by atoms with Gasteiger partial charge in [0.15, 0.2) is 0 Å². The fourth-order valence-corrected chi connectivity index (χ4v) is 3.02. The Morgan fingerprint density at radius 2 is 1.43 bits per heavy atom. The summed E-state index contributed by atoms with van der Waals surface area (Å²) in [5, 5.41) is 9.40. The molecular formula is C20H39O7P. The molecule has 0 aromatic carbocycles. The predicted molar refractivity (Wildman–Crippen MR) is 110 cm³/mol. The molecule has 0 rings (SSSR count). The molecule has 0 aliphatic heterocycles. The van der Waals surface area contributed by atoms with E-state index in [1.54, 1.807) is 0 Å². The third-order valence-corrected chi connectivity index (χ3v) is 4.75. The summed E-state index contributed by atoms with van der Waals surface area (Å²) in [7, 11) is -4.62. The summed E-state index contributed by atoms with van der Waals surface area (Å²) >= 11 is 0. The van der Waals surface area contributed by atoms with Crippen LogP contribution < -0.4 is 0 Å². The van der Waals surface area contributed by atoms with Crippen LogP contribution in [0.2, 0.25) is 0 Å². The van der Waals surface area contributed by atoms with Crippen molar-refractivity contribution in [2.75, 3.05) is 13.2 Å². The second-order valence-electron chi connectivity index (χ2n) is 7.10. The zero-order valence-electron chi connectivity index (χ0n) is 17.3. The second-order valence-corrected chi connectivity index (χ2v) is 8.34. The summed E-state index contributed by atoms with van der Waals surface area (Å²) in [6, 6.07) is 0. The fourth-order valence-electron chi connectivity index (χ4n) is 2.66. The number of phosphoric ester groups is 1. The van der Waals surface area contributed by atoms with Crippen LogP contribution in [0.5, 0.6) is 0 Å². The number of aliphatic hydroxyl groups excluding tert-OH is 1. The Balaban J connectivity index is 3.39. The molecule has 3 N–H and O–H groups in total. The van der Waals surface area contributed by atoms with E-state index >= 15 is 0 Å². The number of hydrogen-bond donors (Lipinski definition) is 3. The van der Waals surface area contributed by atoms with Gasteiger partial charge in [0.25, 0.3) is 0 Å². The fraction of sp³-hybridized carbons (Fsp3) is 0.850. The number of phosphoric acid groups is 1. The predicted octanol–water partition coefficient (Wildman–Crippen LogP) is 4.65. The summed E-state index contributed by atoms with van der Waals surface area (Å²) in [5.41, 5.74) is 0. The number of esters is 1. The van der Waals surface area contributed by atoms with E-state index in [1.165, 1.54) is 44.9 Å². The molecule has 7 nitrogen and oxygen atoms in total. The lowest BCUT2D eigenvalue weighted by molar-refractivity contribution is -0.147. The van der Waals surface area contributed by atoms with Crippen LogP contribution in [0.4, 0.5) is 0 Å². The second kappa shape index (κ2) is 18.3. The average Bonchev–Trinajstić information content (AvgIpc) is 2.64. The van der Waals surface area contributed by atoms with Gasteiger partial charge in [-0.1, -0.05) is 64.0 Å². The van der Waals surface area contributed by atoms with E-state index < -0.39 is 26.5 Å². The molecule has 0 radical (unpaired) electrons. The number of unbranched alkanes of at least 4 members (excludes halogenated alkanes) is 10. The zero-order valence-corrected chi connectivity index (χ0v) is 18.2. The van der Waals surface area contributed by atoms with Crippen molar-refractivity contribution < 1.29 is 33.5 Å². The van der Waals surface area contributed by atoms with Gasteiger partial charge in [0.05, 0.1) is 6.61 Å². The molecule has 1 atom stereocenters. The Bertz CT molecular complexity index is 448. The van der Waals surface area contributed by atoms with E-state index in [1.807, 2.05) is 0 Å². The van der Waals surface area contributed by atoms with Crippen molar-refractivity contribution in [1.82, 2.24) is 0 Å². The first kappa shape index (κ1) is 27.3. The van der Waals surface area contributed by atoms with Crippen molar-refractivity contribution in [3.05, 3.63) is 12.2 Å². The maximum Gasteiger partial charge on any atom is 0.469 e. The van der Waals surface area contributed by atoms with E-state index in [2.05, 4.69) is 23.6 Å². The van der Waals surface area contributed by atoms with E-state index in [-0.39, 0.29) is 13.0 Å². The van der Waals surface area contributed by atoms with Gasteiger partial charge < -0.3 is 19.6 Å². The maximum atomic E-state index is 11.5. The largest absolute Gasteiger partial charge is 0.469 e.